The Morgan fingerprint density at radius 3 is 2.48 bits per heavy atom. The van der Waals surface area contributed by atoms with Crippen LogP contribution in [-0.4, -0.2) is 37.8 Å². The van der Waals surface area contributed by atoms with Crippen LogP contribution in [0.5, 0.6) is 0 Å². The van der Waals surface area contributed by atoms with Crippen LogP contribution in [0.2, 0.25) is 0 Å². The van der Waals surface area contributed by atoms with Crippen LogP contribution in [0.15, 0.2) is 29.4 Å². The van der Waals surface area contributed by atoms with Gasteiger partial charge in [-0.25, -0.2) is 12.7 Å². The molecule has 0 saturated carbocycles. The van der Waals surface area contributed by atoms with Gasteiger partial charge in [-0.1, -0.05) is 12.1 Å². The zero-order chi connectivity index (χ0) is 16.8. The maximum Gasteiger partial charge on any atom is 0.416 e. The van der Waals surface area contributed by atoms with E-state index < -0.39 is 21.8 Å². The van der Waals surface area contributed by atoms with Crippen LogP contribution in [0.3, 0.4) is 0 Å². The predicted octanol–water partition coefficient (Wildman–Crippen LogP) is 1.99. The van der Waals surface area contributed by atoms with Gasteiger partial charge in [-0.05, 0) is 17.7 Å². The molecule has 2 atom stereocenters. The molecular weight excluding hydrogens is 331 g/mol. The highest BCUT2D eigenvalue weighted by Crippen LogP contribution is 2.35. The second kappa shape index (κ2) is 5.48. The lowest BCUT2D eigenvalue weighted by atomic mass is 9.87. The molecule has 2 aliphatic rings. The largest absolute Gasteiger partial charge is 0.416 e. The highest BCUT2D eigenvalue weighted by atomic mass is 32.2. The summed E-state index contributed by atoms with van der Waals surface area (Å²) in [5.74, 6) is -0.157. The Kier molecular flexibility index (Phi) is 3.88. The summed E-state index contributed by atoms with van der Waals surface area (Å²) in [6.45, 7) is 0.673. The van der Waals surface area contributed by atoms with Crippen LogP contribution >= 0.6 is 0 Å². The molecule has 1 aromatic carbocycles. The van der Waals surface area contributed by atoms with E-state index in [0.29, 0.717) is 18.5 Å². The third kappa shape index (κ3) is 3.20. The molecule has 1 fully saturated rings. The summed E-state index contributed by atoms with van der Waals surface area (Å²) < 4.78 is 62.7. The molecular formula is C14H16F3N3O2S. The Labute approximate surface area is 132 Å². The third-order valence-electron chi connectivity index (χ3n) is 4.26. The van der Waals surface area contributed by atoms with Crippen molar-refractivity contribution in [1.82, 2.24) is 9.73 Å². The Hall–Kier alpha value is -1.61. The summed E-state index contributed by atoms with van der Waals surface area (Å²) in [7, 11) is -3.29. The molecule has 0 unspecified atom stereocenters. The van der Waals surface area contributed by atoms with Crippen molar-refractivity contribution in [3.8, 4) is 0 Å². The Morgan fingerprint density at radius 2 is 1.91 bits per heavy atom. The number of benzene rings is 1. The zero-order valence-electron chi connectivity index (χ0n) is 12.3. The van der Waals surface area contributed by atoms with Crippen LogP contribution in [0.4, 0.5) is 13.2 Å². The molecule has 2 aliphatic heterocycles. The summed E-state index contributed by atoms with van der Waals surface area (Å²) in [4.78, 5) is 0. The summed E-state index contributed by atoms with van der Waals surface area (Å²) in [5, 5.41) is 4.23. The minimum absolute atomic E-state index is 0.157. The highest BCUT2D eigenvalue weighted by molar-refractivity contribution is 7.88. The second-order valence-corrected chi connectivity index (χ2v) is 7.79. The van der Waals surface area contributed by atoms with Crippen LogP contribution < -0.4 is 5.43 Å². The molecule has 0 amide bonds. The van der Waals surface area contributed by atoms with Crippen molar-refractivity contribution >= 4 is 15.7 Å². The molecule has 9 heteroatoms. The zero-order valence-corrected chi connectivity index (χ0v) is 13.2. The number of hydrogen-bond donors (Lipinski definition) is 1. The van der Waals surface area contributed by atoms with Gasteiger partial charge >= 0.3 is 6.18 Å². The predicted molar refractivity (Wildman–Crippen MR) is 79.3 cm³/mol. The third-order valence-corrected chi connectivity index (χ3v) is 5.53. The fourth-order valence-corrected chi connectivity index (χ4v) is 3.86. The summed E-state index contributed by atoms with van der Waals surface area (Å²) in [6.07, 6.45) is -2.69. The molecule has 126 valence electrons. The molecule has 3 rings (SSSR count). The van der Waals surface area contributed by atoms with Crippen molar-refractivity contribution in [1.29, 1.82) is 0 Å². The molecule has 0 aliphatic carbocycles. The number of hydrazone groups is 1. The van der Waals surface area contributed by atoms with E-state index in [9.17, 15) is 21.6 Å². The van der Waals surface area contributed by atoms with Crippen LogP contribution in [0, 0.1) is 5.92 Å². The Balaban J connectivity index is 1.82. The lowest BCUT2D eigenvalue weighted by Crippen LogP contribution is -2.44. The lowest BCUT2D eigenvalue weighted by molar-refractivity contribution is -0.137. The van der Waals surface area contributed by atoms with Gasteiger partial charge < -0.3 is 5.43 Å². The van der Waals surface area contributed by atoms with Crippen LogP contribution in [-0.2, 0) is 16.2 Å². The number of hydrogen-bond acceptors (Lipinski definition) is 4. The number of fused-ring (bicyclic) bond motifs is 1. The first kappa shape index (κ1) is 16.3. The van der Waals surface area contributed by atoms with E-state index in [1.165, 1.54) is 16.4 Å². The quantitative estimate of drug-likeness (QED) is 0.890. The molecule has 23 heavy (non-hydrogen) atoms. The second-order valence-electron chi connectivity index (χ2n) is 5.81. The van der Waals surface area contributed by atoms with Crippen molar-refractivity contribution in [3.05, 3.63) is 35.4 Å². The van der Waals surface area contributed by atoms with E-state index >= 15 is 0 Å². The van der Waals surface area contributed by atoms with Gasteiger partial charge in [-0.3, -0.25) is 0 Å². The average molecular weight is 347 g/mol. The first-order chi connectivity index (χ1) is 10.7. The number of halogens is 3. The van der Waals surface area contributed by atoms with Crippen molar-refractivity contribution < 1.29 is 21.6 Å². The molecule has 2 heterocycles. The number of alkyl halides is 3. The fraction of sp³-hybridized carbons (Fsp3) is 0.500. The van der Waals surface area contributed by atoms with Gasteiger partial charge in [0, 0.05) is 31.1 Å². The van der Waals surface area contributed by atoms with Gasteiger partial charge in [-0.15, -0.1) is 0 Å². The molecule has 0 radical (unpaired) electrons. The van der Waals surface area contributed by atoms with Crippen molar-refractivity contribution in [2.45, 2.75) is 18.6 Å². The molecule has 0 spiro atoms. The van der Waals surface area contributed by atoms with Gasteiger partial charge in [0.05, 0.1) is 17.9 Å². The first-order valence-corrected chi connectivity index (χ1v) is 8.95. The van der Waals surface area contributed by atoms with Gasteiger partial charge in [-0.2, -0.15) is 18.3 Å². The SMILES string of the molecule is CS(=O)(=O)N1CCC2=NN[C@@H](c3ccc(C(F)(F)F)cc3)[C@@H]2C1. The maximum atomic E-state index is 12.6. The van der Waals surface area contributed by atoms with Gasteiger partial charge in [0.15, 0.2) is 0 Å². The fourth-order valence-electron chi connectivity index (χ4n) is 3.01. The minimum atomic E-state index is -4.37. The Morgan fingerprint density at radius 1 is 1.26 bits per heavy atom. The number of rotatable bonds is 2. The molecule has 0 bridgehead atoms. The van der Waals surface area contributed by atoms with E-state index in [4.69, 9.17) is 0 Å². The molecule has 1 saturated heterocycles. The Bertz CT molecular complexity index is 729. The van der Waals surface area contributed by atoms with Crippen molar-refractivity contribution in [2.24, 2.45) is 11.0 Å². The first-order valence-electron chi connectivity index (χ1n) is 7.10. The number of sulfonamides is 1. The minimum Gasteiger partial charge on any atom is -0.302 e. The lowest BCUT2D eigenvalue weighted by Gasteiger charge is -2.32. The smallest absolute Gasteiger partial charge is 0.302 e. The van der Waals surface area contributed by atoms with Crippen LogP contribution in [0.25, 0.3) is 0 Å². The number of nitrogens with zero attached hydrogens (tertiary/aromatic N) is 2. The maximum absolute atomic E-state index is 12.6. The topological polar surface area (TPSA) is 61.8 Å². The normalized spacial score (nSPS) is 25.7. The molecule has 5 nitrogen and oxygen atoms in total. The van der Waals surface area contributed by atoms with Gasteiger partial charge in [0.25, 0.3) is 0 Å². The number of nitrogens with one attached hydrogen (secondary N) is 1. The van der Waals surface area contributed by atoms with Crippen molar-refractivity contribution in [3.63, 3.8) is 0 Å². The summed E-state index contributed by atoms with van der Waals surface area (Å²) >= 11 is 0. The number of piperidine rings is 1. The molecule has 0 aromatic heterocycles. The standard InChI is InChI=1S/C14H16F3N3O2S/c1-23(21,22)20-7-6-12-11(8-20)13(19-18-12)9-2-4-10(5-3-9)14(15,16)17/h2-5,11,13,19H,6-8H2,1H3/t11-,13+/m1/s1. The van der Waals surface area contributed by atoms with E-state index in [1.54, 1.807) is 0 Å². The summed E-state index contributed by atoms with van der Waals surface area (Å²) in [5.41, 5.74) is 3.76. The summed E-state index contributed by atoms with van der Waals surface area (Å²) in [6, 6.07) is 4.59. The van der Waals surface area contributed by atoms with Gasteiger partial charge in [0.2, 0.25) is 10.0 Å². The molecule has 1 N–H and O–H groups in total. The average Bonchev–Trinajstić information content (AvgIpc) is 2.88. The van der Waals surface area contributed by atoms with Crippen LogP contribution in [0.1, 0.15) is 23.6 Å². The van der Waals surface area contributed by atoms with E-state index in [0.717, 1.165) is 24.1 Å². The highest BCUT2D eigenvalue weighted by Gasteiger charge is 2.39. The van der Waals surface area contributed by atoms with Gasteiger partial charge in [0.1, 0.15) is 0 Å². The van der Waals surface area contributed by atoms with E-state index in [-0.39, 0.29) is 18.5 Å². The monoisotopic (exact) mass is 347 g/mol. The van der Waals surface area contributed by atoms with E-state index in [2.05, 4.69) is 10.5 Å². The molecule has 1 aromatic rings. The van der Waals surface area contributed by atoms with Crippen molar-refractivity contribution in [2.75, 3.05) is 19.3 Å². The van der Waals surface area contributed by atoms with E-state index in [1.807, 2.05) is 0 Å².